The number of carbonyl (C=O) groups is 2. The molecule has 0 spiro atoms. The Balaban J connectivity index is 1.20. The number of aromatic nitrogens is 2. The Kier molecular flexibility index (Phi) is 9.14. The molecule has 4 rings (SSSR count). The van der Waals surface area contributed by atoms with E-state index in [0.717, 1.165) is 33.8 Å². The Morgan fingerprint density at radius 2 is 1.66 bits per heavy atom. The average molecular weight is 530 g/mol. The van der Waals surface area contributed by atoms with E-state index in [4.69, 9.17) is 9.47 Å². The van der Waals surface area contributed by atoms with Gasteiger partial charge in [-0.05, 0) is 60.9 Å². The van der Waals surface area contributed by atoms with Crippen LogP contribution in [0.25, 0.3) is 0 Å². The maximum atomic E-state index is 12.4. The van der Waals surface area contributed by atoms with E-state index in [-0.39, 0.29) is 18.2 Å². The van der Waals surface area contributed by atoms with E-state index in [1.165, 1.54) is 6.21 Å². The molecular weight excluding hydrogens is 502 g/mol. The highest BCUT2D eigenvalue weighted by atomic mass is 32.1. The van der Waals surface area contributed by atoms with Gasteiger partial charge in [0.15, 0.2) is 0 Å². The number of nitrogens with one attached hydrogen (secondary N) is 2. The van der Waals surface area contributed by atoms with Crippen molar-refractivity contribution in [2.45, 2.75) is 20.3 Å². The second-order valence-corrected chi connectivity index (χ2v) is 9.39. The molecule has 0 aliphatic carbocycles. The van der Waals surface area contributed by atoms with E-state index in [9.17, 15) is 9.59 Å². The molecule has 10 heteroatoms. The third kappa shape index (κ3) is 7.97. The number of hydrogen-bond acceptors (Lipinski definition) is 8. The fourth-order valence-corrected chi connectivity index (χ4v) is 4.17. The van der Waals surface area contributed by atoms with Crippen LogP contribution < -0.4 is 20.2 Å². The minimum atomic E-state index is -0.352. The second kappa shape index (κ2) is 13.1. The summed E-state index contributed by atoms with van der Waals surface area (Å²) in [6.45, 7) is 4.68. The van der Waals surface area contributed by atoms with Crippen molar-refractivity contribution in [2.75, 3.05) is 18.5 Å². The monoisotopic (exact) mass is 529 g/mol. The van der Waals surface area contributed by atoms with Gasteiger partial charge in [0.25, 0.3) is 5.91 Å². The summed E-state index contributed by atoms with van der Waals surface area (Å²) in [5.41, 5.74) is 5.79. The van der Waals surface area contributed by atoms with Gasteiger partial charge in [-0.15, -0.1) is 10.2 Å². The van der Waals surface area contributed by atoms with Crippen molar-refractivity contribution in [3.63, 3.8) is 0 Å². The quantitative estimate of drug-likeness (QED) is 0.167. The van der Waals surface area contributed by atoms with E-state index in [2.05, 4.69) is 26.0 Å². The molecule has 2 amide bonds. The lowest BCUT2D eigenvalue weighted by Gasteiger charge is -2.09. The van der Waals surface area contributed by atoms with Gasteiger partial charge >= 0.3 is 0 Å². The first-order valence-electron chi connectivity index (χ1n) is 11.9. The van der Waals surface area contributed by atoms with E-state index < -0.39 is 0 Å². The molecule has 3 aromatic carbocycles. The second-order valence-electron chi connectivity index (χ2n) is 8.33. The minimum absolute atomic E-state index is 0.0146. The van der Waals surface area contributed by atoms with E-state index >= 15 is 0 Å². The Hall–Kier alpha value is -4.57. The van der Waals surface area contributed by atoms with Crippen molar-refractivity contribution < 1.29 is 19.1 Å². The number of nitrogens with zero attached hydrogens (tertiary/aromatic N) is 3. The van der Waals surface area contributed by atoms with Crippen LogP contribution in [0, 0.1) is 13.8 Å². The SMILES string of the molecule is Cc1cccc(OCCOc2cccc(/C=N/NC(=O)Cc3nnc(NC(=O)c4ccccc4C)s3)c2)c1. The van der Waals surface area contributed by atoms with Gasteiger partial charge in [-0.3, -0.25) is 14.9 Å². The molecule has 38 heavy (non-hydrogen) atoms. The third-order valence-electron chi connectivity index (χ3n) is 5.26. The average Bonchev–Trinajstić information content (AvgIpc) is 3.33. The molecule has 0 aliphatic heterocycles. The van der Waals surface area contributed by atoms with Gasteiger partial charge in [-0.2, -0.15) is 5.10 Å². The fraction of sp³-hybridized carbons (Fsp3) is 0.179. The molecular formula is C28H27N5O4S. The van der Waals surface area contributed by atoms with Gasteiger partial charge in [0.05, 0.1) is 12.6 Å². The fourth-order valence-electron chi connectivity index (χ4n) is 3.43. The Morgan fingerprint density at radius 1 is 0.921 bits per heavy atom. The molecule has 0 fully saturated rings. The number of ether oxygens (including phenoxy) is 2. The number of hydrazone groups is 1. The molecule has 0 saturated carbocycles. The number of benzene rings is 3. The molecule has 0 aliphatic rings. The number of aryl methyl sites for hydroxylation is 2. The lowest BCUT2D eigenvalue weighted by molar-refractivity contribution is -0.120. The van der Waals surface area contributed by atoms with Crippen molar-refractivity contribution in [1.29, 1.82) is 0 Å². The largest absolute Gasteiger partial charge is 0.490 e. The Morgan fingerprint density at radius 3 is 2.42 bits per heavy atom. The first-order chi connectivity index (χ1) is 18.5. The molecule has 9 nitrogen and oxygen atoms in total. The summed E-state index contributed by atoms with van der Waals surface area (Å²) in [5.74, 6) is 0.851. The van der Waals surface area contributed by atoms with Crippen LogP contribution in [-0.2, 0) is 11.2 Å². The molecule has 0 bridgehead atoms. The summed E-state index contributed by atoms with van der Waals surface area (Å²) in [6.07, 6.45) is 1.52. The number of hydrogen-bond donors (Lipinski definition) is 2. The van der Waals surface area contributed by atoms with Crippen LogP contribution in [0.5, 0.6) is 11.5 Å². The molecule has 1 aromatic heterocycles. The van der Waals surface area contributed by atoms with Crippen molar-refractivity contribution in [3.05, 3.63) is 100 Å². The van der Waals surface area contributed by atoms with Crippen LogP contribution in [0.15, 0.2) is 77.9 Å². The maximum absolute atomic E-state index is 12.4. The first-order valence-corrected chi connectivity index (χ1v) is 12.7. The minimum Gasteiger partial charge on any atom is -0.490 e. The topological polar surface area (TPSA) is 115 Å². The number of carbonyl (C=O) groups excluding carboxylic acids is 2. The van der Waals surface area contributed by atoms with Crippen LogP contribution in [0.3, 0.4) is 0 Å². The van der Waals surface area contributed by atoms with Crippen LogP contribution in [0.1, 0.15) is 32.1 Å². The van der Waals surface area contributed by atoms with E-state index in [1.807, 2.05) is 74.5 Å². The standard InChI is InChI=1S/C28H27N5O4S/c1-19-7-5-10-22(15-19)36-13-14-37-23-11-6-9-21(16-23)18-29-31-25(34)17-26-32-33-28(38-26)30-27(35)24-12-4-3-8-20(24)2/h3-12,15-16,18H,13-14,17H2,1-2H3,(H,31,34)(H,30,33,35)/b29-18+. The van der Waals surface area contributed by atoms with Crippen LogP contribution in [0.2, 0.25) is 0 Å². The van der Waals surface area contributed by atoms with Crippen molar-refractivity contribution in [2.24, 2.45) is 5.10 Å². The number of amides is 2. The molecule has 2 N–H and O–H groups in total. The highest BCUT2D eigenvalue weighted by Gasteiger charge is 2.13. The highest BCUT2D eigenvalue weighted by molar-refractivity contribution is 7.15. The first kappa shape index (κ1) is 26.5. The Labute approximate surface area is 224 Å². The van der Waals surface area contributed by atoms with Gasteiger partial charge in [-0.1, -0.05) is 53.8 Å². The van der Waals surface area contributed by atoms with Crippen molar-refractivity contribution in [1.82, 2.24) is 15.6 Å². The molecule has 0 radical (unpaired) electrons. The predicted molar refractivity (Wildman–Crippen MR) is 147 cm³/mol. The molecule has 0 unspecified atom stereocenters. The zero-order valence-corrected chi connectivity index (χ0v) is 21.8. The van der Waals surface area contributed by atoms with E-state index in [0.29, 0.717) is 34.7 Å². The zero-order chi connectivity index (χ0) is 26.7. The smallest absolute Gasteiger partial charge is 0.257 e. The molecule has 1 heterocycles. The molecule has 0 atom stereocenters. The summed E-state index contributed by atoms with van der Waals surface area (Å²) >= 11 is 1.14. The molecule has 0 saturated heterocycles. The van der Waals surface area contributed by atoms with Gasteiger partial charge in [0, 0.05) is 5.56 Å². The van der Waals surface area contributed by atoms with Crippen LogP contribution in [-0.4, -0.2) is 41.4 Å². The zero-order valence-electron chi connectivity index (χ0n) is 21.0. The summed E-state index contributed by atoms with van der Waals surface area (Å²) in [5, 5.41) is 15.4. The maximum Gasteiger partial charge on any atom is 0.257 e. The number of rotatable bonds is 11. The lowest BCUT2D eigenvalue weighted by atomic mass is 10.1. The summed E-state index contributed by atoms with van der Waals surface area (Å²) in [7, 11) is 0. The van der Waals surface area contributed by atoms with Gasteiger partial charge in [0.1, 0.15) is 29.7 Å². The molecule has 194 valence electrons. The number of anilines is 1. The lowest BCUT2D eigenvalue weighted by Crippen LogP contribution is -2.19. The van der Waals surface area contributed by atoms with Gasteiger partial charge < -0.3 is 9.47 Å². The van der Waals surface area contributed by atoms with Crippen molar-refractivity contribution >= 4 is 34.5 Å². The normalized spacial score (nSPS) is 10.8. The van der Waals surface area contributed by atoms with Crippen LogP contribution >= 0.6 is 11.3 Å². The van der Waals surface area contributed by atoms with Gasteiger partial charge in [-0.25, -0.2) is 5.43 Å². The van der Waals surface area contributed by atoms with E-state index in [1.54, 1.807) is 12.1 Å². The Bertz CT molecular complexity index is 1440. The summed E-state index contributed by atoms with van der Waals surface area (Å²) in [4.78, 5) is 24.7. The highest BCUT2D eigenvalue weighted by Crippen LogP contribution is 2.18. The summed E-state index contributed by atoms with van der Waals surface area (Å²) in [6, 6.07) is 22.4. The molecule has 4 aromatic rings. The summed E-state index contributed by atoms with van der Waals surface area (Å²) < 4.78 is 11.4. The predicted octanol–water partition coefficient (Wildman–Crippen LogP) is 4.56. The third-order valence-corrected chi connectivity index (χ3v) is 6.10. The van der Waals surface area contributed by atoms with Crippen LogP contribution in [0.4, 0.5) is 5.13 Å². The van der Waals surface area contributed by atoms with Crippen molar-refractivity contribution in [3.8, 4) is 11.5 Å². The van der Waals surface area contributed by atoms with Gasteiger partial charge in [0.2, 0.25) is 11.0 Å².